The molecular formula is C24H27N5O3. The first-order valence-corrected chi connectivity index (χ1v) is 10.7. The van der Waals surface area contributed by atoms with Gasteiger partial charge in [0.1, 0.15) is 0 Å². The second-order valence-electron chi connectivity index (χ2n) is 7.50. The van der Waals surface area contributed by atoms with Gasteiger partial charge in [-0.1, -0.05) is 30.3 Å². The normalized spacial score (nSPS) is 13.1. The molecule has 1 fully saturated rings. The van der Waals surface area contributed by atoms with E-state index in [1.54, 1.807) is 4.90 Å². The number of amides is 3. The van der Waals surface area contributed by atoms with Crippen LogP contribution in [0.5, 0.6) is 0 Å². The van der Waals surface area contributed by atoms with Crippen LogP contribution < -0.4 is 20.4 Å². The van der Waals surface area contributed by atoms with Crippen LogP contribution in [0, 0.1) is 11.3 Å². The highest BCUT2D eigenvalue weighted by molar-refractivity contribution is 5.95. The van der Waals surface area contributed by atoms with Crippen molar-refractivity contribution in [2.24, 2.45) is 0 Å². The Kier molecular flexibility index (Phi) is 8.21. The minimum Gasteiger partial charge on any atom is -0.360 e. The molecule has 8 nitrogen and oxygen atoms in total. The van der Waals surface area contributed by atoms with E-state index in [0.29, 0.717) is 26.2 Å². The van der Waals surface area contributed by atoms with Crippen LogP contribution in [0.4, 0.5) is 11.4 Å². The molecular weight excluding hydrogens is 406 g/mol. The summed E-state index contributed by atoms with van der Waals surface area (Å²) >= 11 is 0. The lowest BCUT2D eigenvalue weighted by molar-refractivity contribution is -0.125. The summed E-state index contributed by atoms with van der Waals surface area (Å²) in [5.41, 5.74) is 2.63. The third-order valence-electron chi connectivity index (χ3n) is 5.21. The second kappa shape index (κ2) is 11.5. The van der Waals surface area contributed by atoms with E-state index in [1.807, 2.05) is 59.5 Å². The Morgan fingerprint density at radius 1 is 1.09 bits per heavy atom. The second-order valence-corrected chi connectivity index (χ2v) is 7.50. The largest absolute Gasteiger partial charge is 0.360 e. The van der Waals surface area contributed by atoms with Crippen molar-refractivity contribution in [3.05, 3.63) is 60.2 Å². The van der Waals surface area contributed by atoms with Crippen LogP contribution in [-0.4, -0.2) is 43.9 Å². The molecule has 1 heterocycles. The number of para-hydroxylation sites is 1. The number of rotatable bonds is 9. The van der Waals surface area contributed by atoms with E-state index in [1.165, 1.54) is 0 Å². The maximum Gasteiger partial charge on any atom is 0.239 e. The number of benzene rings is 2. The van der Waals surface area contributed by atoms with E-state index in [-0.39, 0.29) is 37.0 Å². The number of nitrogens with zero attached hydrogens (tertiary/aromatic N) is 3. The summed E-state index contributed by atoms with van der Waals surface area (Å²) < 4.78 is 0. The number of piperazine rings is 1. The Morgan fingerprint density at radius 2 is 1.84 bits per heavy atom. The van der Waals surface area contributed by atoms with Crippen molar-refractivity contribution in [1.82, 2.24) is 10.6 Å². The van der Waals surface area contributed by atoms with Crippen molar-refractivity contribution in [2.45, 2.75) is 25.8 Å². The predicted octanol–water partition coefficient (Wildman–Crippen LogP) is 1.97. The molecule has 8 heteroatoms. The molecule has 1 aliphatic rings. The summed E-state index contributed by atoms with van der Waals surface area (Å²) in [5.74, 6) is -0.375. The summed E-state index contributed by atoms with van der Waals surface area (Å²) in [5, 5.41) is 14.5. The third kappa shape index (κ3) is 6.57. The fraction of sp³-hybridized carbons (Fsp3) is 0.333. The molecule has 0 saturated carbocycles. The van der Waals surface area contributed by atoms with Gasteiger partial charge in [0.15, 0.2) is 0 Å². The minimum atomic E-state index is -0.205. The third-order valence-corrected chi connectivity index (χ3v) is 5.21. The van der Waals surface area contributed by atoms with Crippen molar-refractivity contribution in [3.63, 3.8) is 0 Å². The average Bonchev–Trinajstić information content (AvgIpc) is 2.82. The number of nitriles is 1. The van der Waals surface area contributed by atoms with E-state index in [0.717, 1.165) is 23.5 Å². The molecule has 1 aliphatic heterocycles. The Bertz CT molecular complexity index is 969. The molecule has 0 spiro atoms. The fourth-order valence-electron chi connectivity index (χ4n) is 3.50. The Hall–Kier alpha value is -3.86. The summed E-state index contributed by atoms with van der Waals surface area (Å²) in [6.07, 6.45) is 0.378. The first-order chi connectivity index (χ1) is 15.6. The Labute approximate surface area is 187 Å². The van der Waals surface area contributed by atoms with Crippen molar-refractivity contribution in [2.75, 3.05) is 36.0 Å². The summed E-state index contributed by atoms with van der Waals surface area (Å²) in [7, 11) is 0. The fourth-order valence-corrected chi connectivity index (χ4v) is 3.50. The first-order valence-electron chi connectivity index (χ1n) is 10.7. The molecule has 166 valence electrons. The molecule has 2 N–H and O–H groups in total. The SMILES string of the molecule is N#CCCN(C(=O)CCC(=O)NCc1ccc(N2CCNC(=O)C2)cc1)c1ccccc1. The quantitative estimate of drug-likeness (QED) is 0.629. The van der Waals surface area contributed by atoms with Crippen molar-refractivity contribution in [3.8, 4) is 6.07 Å². The lowest BCUT2D eigenvalue weighted by Gasteiger charge is -2.28. The zero-order chi connectivity index (χ0) is 22.8. The molecule has 0 radical (unpaired) electrons. The smallest absolute Gasteiger partial charge is 0.239 e. The van der Waals surface area contributed by atoms with Crippen LogP contribution in [0.25, 0.3) is 0 Å². The monoisotopic (exact) mass is 433 g/mol. The summed E-state index contributed by atoms with van der Waals surface area (Å²) in [6, 6.07) is 18.9. The van der Waals surface area contributed by atoms with Gasteiger partial charge in [-0.3, -0.25) is 14.4 Å². The van der Waals surface area contributed by atoms with Crippen molar-refractivity contribution >= 4 is 29.1 Å². The van der Waals surface area contributed by atoms with Crippen LogP contribution in [0.1, 0.15) is 24.8 Å². The van der Waals surface area contributed by atoms with Gasteiger partial charge in [0.2, 0.25) is 17.7 Å². The molecule has 0 unspecified atom stereocenters. The molecule has 3 rings (SSSR count). The molecule has 0 aromatic heterocycles. The highest BCUT2D eigenvalue weighted by Gasteiger charge is 2.17. The molecule has 0 aliphatic carbocycles. The Morgan fingerprint density at radius 3 is 2.53 bits per heavy atom. The van der Waals surface area contributed by atoms with Gasteiger partial charge in [0.05, 0.1) is 19.0 Å². The van der Waals surface area contributed by atoms with Gasteiger partial charge in [-0.25, -0.2) is 0 Å². The van der Waals surface area contributed by atoms with E-state index >= 15 is 0 Å². The maximum absolute atomic E-state index is 12.6. The number of hydrogen-bond acceptors (Lipinski definition) is 5. The molecule has 1 saturated heterocycles. The van der Waals surface area contributed by atoms with Gasteiger partial charge < -0.3 is 20.4 Å². The lowest BCUT2D eigenvalue weighted by Crippen LogP contribution is -2.47. The number of anilines is 2. The number of carbonyl (C=O) groups is 3. The molecule has 0 atom stereocenters. The standard InChI is InChI=1S/C24H27N5O3/c25-13-4-15-29(21-5-2-1-3-6-21)24(32)12-11-22(30)27-17-19-7-9-20(10-8-19)28-16-14-26-23(31)18-28/h1-3,5-10H,4,11-12,14-18H2,(H,26,31)(H,27,30). The van der Waals surface area contributed by atoms with E-state index in [9.17, 15) is 14.4 Å². The topological polar surface area (TPSA) is 106 Å². The van der Waals surface area contributed by atoms with Crippen molar-refractivity contribution in [1.29, 1.82) is 5.26 Å². The first kappa shape index (κ1) is 22.8. The molecule has 2 aromatic carbocycles. The predicted molar refractivity (Wildman–Crippen MR) is 122 cm³/mol. The number of hydrogen-bond donors (Lipinski definition) is 2. The van der Waals surface area contributed by atoms with Crippen LogP contribution >= 0.6 is 0 Å². The van der Waals surface area contributed by atoms with Gasteiger partial charge >= 0.3 is 0 Å². The highest BCUT2D eigenvalue weighted by Crippen LogP contribution is 2.17. The van der Waals surface area contributed by atoms with E-state index in [2.05, 4.69) is 16.7 Å². The summed E-state index contributed by atoms with van der Waals surface area (Å²) in [4.78, 5) is 40.0. The number of carbonyl (C=O) groups excluding carboxylic acids is 3. The molecule has 32 heavy (non-hydrogen) atoms. The van der Waals surface area contributed by atoms with E-state index in [4.69, 9.17) is 5.26 Å². The van der Waals surface area contributed by atoms with Gasteiger partial charge in [0.25, 0.3) is 0 Å². The zero-order valence-electron chi connectivity index (χ0n) is 17.9. The zero-order valence-corrected chi connectivity index (χ0v) is 17.9. The average molecular weight is 434 g/mol. The van der Waals surface area contributed by atoms with Crippen LogP contribution in [0.3, 0.4) is 0 Å². The molecule has 2 aromatic rings. The van der Waals surface area contributed by atoms with Gasteiger partial charge in [-0.2, -0.15) is 5.26 Å². The highest BCUT2D eigenvalue weighted by atomic mass is 16.2. The van der Waals surface area contributed by atoms with Crippen LogP contribution in [0.15, 0.2) is 54.6 Å². The number of nitrogens with one attached hydrogen (secondary N) is 2. The lowest BCUT2D eigenvalue weighted by atomic mass is 10.1. The van der Waals surface area contributed by atoms with Gasteiger partial charge in [-0.05, 0) is 29.8 Å². The minimum absolute atomic E-state index is 0.0144. The Balaban J connectivity index is 1.46. The van der Waals surface area contributed by atoms with Crippen LogP contribution in [-0.2, 0) is 20.9 Å². The molecule has 0 bridgehead atoms. The van der Waals surface area contributed by atoms with Gasteiger partial charge in [0, 0.05) is 50.4 Å². The summed E-state index contributed by atoms with van der Waals surface area (Å²) in [6.45, 7) is 2.41. The van der Waals surface area contributed by atoms with E-state index < -0.39 is 0 Å². The maximum atomic E-state index is 12.6. The van der Waals surface area contributed by atoms with Gasteiger partial charge in [-0.15, -0.1) is 0 Å². The van der Waals surface area contributed by atoms with Crippen molar-refractivity contribution < 1.29 is 14.4 Å². The van der Waals surface area contributed by atoms with Crippen LogP contribution in [0.2, 0.25) is 0 Å². The molecule has 3 amide bonds.